The number of carbonyl (C=O) groups is 3. The summed E-state index contributed by atoms with van der Waals surface area (Å²) in [7, 11) is 0. The van der Waals surface area contributed by atoms with Crippen LogP contribution in [0.25, 0.3) is 0 Å². The first-order chi connectivity index (χ1) is 26.4. The monoisotopic (exact) mass is 763 g/mol. The van der Waals surface area contributed by atoms with Crippen molar-refractivity contribution in [2.75, 3.05) is 6.54 Å². The molecule has 0 heterocycles. The van der Waals surface area contributed by atoms with E-state index in [9.17, 15) is 19.5 Å². The molecule has 0 bridgehead atoms. The van der Waals surface area contributed by atoms with E-state index in [2.05, 4.69) is 31.3 Å². The predicted molar refractivity (Wildman–Crippen MR) is 230 cm³/mol. The molecule has 2 unspecified atom stereocenters. The number of esters is 1. The van der Waals surface area contributed by atoms with Crippen molar-refractivity contribution in [3.8, 4) is 0 Å². The Morgan fingerprint density at radius 1 is 0.519 bits per heavy atom. The lowest BCUT2D eigenvalue weighted by Crippen LogP contribution is -2.40. The van der Waals surface area contributed by atoms with Gasteiger partial charge in [-0.1, -0.05) is 174 Å². The second-order valence-corrected chi connectivity index (χ2v) is 16.2. The van der Waals surface area contributed by atoms with Gasteiger partial charge < -0.3 is 20.9 Å². The van der Waals surface area contributed by atoms with E-state index in [1.807, 2.05) is 0 Å². The Morgan fingerprint density at radius 2 is 0.907 bits per heavy atom. The largest absolute Gasteiger partial charge is 0.480 e. The molecular formula is C47H90N2O5. The standard InChI is InChI=1S/C47H90N2O5/c1-3-5-7-9-11-13-15-17-18-20-22-24-26-31-35-41-46(51)54-43(37-32-28-25-23-21-19-16-14-12-10-8-6-4-2)38-33-29-27-30-34-40-45(50)49-44(47(52)53)39-36-42-48/h17-18,43-44H,3-16,19-42,48H2,1-2H3,(H,49,50)(H,52,53)/b18-17-. The summed E-state index contributed by atoms with van der Waals surface area (Å²) in [5, 5.41) is 12.0. The first-order valence-electron chi connectivity index (χ1n) is 23.5. The summed E-state index contributed by atoms with van der Waals surface area (Å²) in [6, 6.07) is -0.854. The number of unbranched alkanes of at least 4 members (excludes halogenated alkanes) is 27. The Morgan fingerprint density at radius 3 is 1.33 bits per heavy atom. The number of amides is 1. The highest BCUT2D eigenvalue weighted by atomic mass is 16.5. The van der Waals surface area contributed by atoms with Gasteiger partial charge in [0.2, 0.25) is 5.91 Å². The second-order valence-electron chi connectivity index (χ2n) is 16.2. The molecule has 0 aromatic rings. The van der Waals surface area contributed by atoms with Crippen LogP contribution in [-0.4, -0.2) is 41.6 Å². The third-order valence-electron chi connectivity index (χ3n) is 10.8. The lowest BCUT2D eigenvalue weighted by Gasteiger charge is -2.18. The van der Waals surface area contributed by atoms with Crippen molar-refractivity contribution < 1.29 is 24.2 Å². The van der Waals surface area contributed by atoms with Crippen molar-refractivity contribution in [3.05, 3.63) is 12.2 Å². The van der Waals surface area contributed by atoms with Gasteiger partial charge in [0, 0.05) is 12.8 Å². The highest BCUT2D eigenvalue weighted by molar-refractivity contribution is 5.83. The summed E-state index contributed by atoms with van der Waals surface area (Å²) >= 11 is 0. The number of hydrogen-bond donors (Lipinski definition) is 3. The quantitative estimate of drug-likeness (QED) is 0.0323. The van der Waals surface area contributed by atoms with Crippen LogP contribution in [0.1, 0.15) is 251 Å². The first-order valence-corrected chi connectivity index (χ1v) is 23.5. The normalized spacial score (nSPS) is 12.6. The molecule has 0 aliphatic heterocycles. The van der Waals surface area contributed by atoms with Crippen LogP contribution in [-0.2, 0) is 19.1 Å². The molecule has 2 atom stereocenters. The average molecular weight is 763 g/mol. The fraction of sp³-hybridized carbons (Fsp3) is 0.894. The second kappa shape index (κ2) is 42.3. The summed E-state index contributed by atoms with van der Waals surface area (Å²) in [5.74, 6) is -1.22. The van der Waals surface area contributed by atoms with Gasteiger partial charge in [-0.2, -0.15) is 0 Å². The van der Waals surface area contributed by atoms with Gasteiger partial charge in [0.1, 0.15) is 12.1 Å². The molecule has 0 aromatic heterocycles. The topological polar surface area (TPSA) is 119 Å². The van der Waals surface area contributed by atoms with Crippen LogP contribution in [0.3, 0.4) is 0 Å². The maximum absolute atomic E-state index is 12.8. The van der Waals surface area contributed by atoms with E-state index in [0.29, 0.717) is 32.2 Å². The predicted octanol–water partition coefficient (Wildman–Crippen LogP) is 13.5. The summed E-state index contributed by atoms with van der Waals surface area (Å²) in [4.78, 5) is 36.4. The number of ether oxygens (including phenoxy) is 1. The van der Waals surface area contributed by atoms with E-state index in [1.165, 1.54) is 148 Å². The molecule has 0 saturated heterocycles. The number of aliphatic carboxylic acids is 1. The zero-order valence-corrected chi connectivity index (χ0v) is 35.8. The van der Waals surface area contributed by atoms with Gasteiger partial charge in [0.25, 0.3) is 0 Å². The Bertz CT molecular complexity index is 863. The van der Waals surface area contributed by atoms with Gasteiger partial charge >= 0.3 is 11.9 Å². The lowest BCUT2D eigenvalue weighted by molar-refractivity contribution is -0.150. The Kier molecular flexibility index (Phi) is 40.8. The molecule has 0 fully saturated rings. The van der Waals surface area contributed by atoms with Crippen LogP contribution >= 0.6 is 0 Å². The Balaban J connectivity index is 4.30. The van der Waals surface area contributed by atoms with Crippen LogP contribution in [0.4, 0.5) is 0 Å². The number of carboxylic acid groups (broad SMARTS) is 1. The molecular weight excluding hydrogens is 673 g/mol. The molecule has 4 N–H and O–H groups in total. The van der Waals surface area contributed by atoms with Gasteiger partial charge in [-0.15, -0.1) is 0 Å². The number of carbonyl (C=O) groups excluding carboxylic acids is 2. The maximum Gasteiger partial charge on any atom is 0.326 e. The molecule has 7 heteroatoms. The van der Waals surface area contributed by atoms with E-state index in [-0.39, 0.29) is 18.0 Å². The van der Waals surface area contributed by atoms with Crippen LogP contribution in [0, 0.1) is 0 Å². The summed E-state index contributed by atoms with van der Waals surface area (Å²) in [6.45, 7) is 4.96. The molecule has 0 saturated carbocycles. The number of allylic oxidation sites excluding steroid dienone is 2. The summed E-state index contributed by atoms with van der Waals surface area (Å²) < 4.78 is 6.06. The van der Waals surface area contributed by atoms with Crippen LogP contribution < -0.4 is 11.1 Å². The molecule has 318 valence electrons. The zero-order valence-electron chi connectivity index (χ0n) is 35.8. The minimum Gasteiger partial charge on any atom is -0.480 e. The van der Waals surface area contributed by atoms with Crippen molar-refractivity contribution in [3.63, 3.8) is 0 Å². The first kappa shape index (κ1) is 52.1. The van der Waals surface area contributed by atoms with Gasteiger partial charge in [0.05, 0.1) is 0 Å². The Hall–Kier alpha value is -1.89. The molecule has 0 radical (unpaired) electrons. The minimum absolute atomic E-state index is 0.0144. The van der Waals surface area contributed by atoms with Crippen molar-refractivity contribution >= 4 is 17.8 Å². The van der Waals surface area contributed by atoms with E-state index in [4.69, 9.17) is 10.5 Å². The number of nitrogens with one attached hydrogen (secondary N) is 1. The van der Waals surface area contributed by atoms with Crippen LogP contribution in [0.2, 0.25) is 0 Å². The van der Waals surface area contributed by atoms with Crippen molar-refractivity contribution in [2.24, 2.45) is 5.73 Å². The molecule has 1 amide bonds. The van der Waals surface area contributed by atoms with Gasteiger partial charge in [0.15, 0.2) is 0 Å². The number of rotatable bonds is 43. The smallest absolute Gasteiger partial charge is 0.326 e. The minimum atomic E-state index is -1.00. The fourth-order valence-corrected chi connectivity index (χ4v) is 7.27. The highest BCUT2D eigenvalue weighted by Crippen LogP contribution is 2.19. The summed E-state index contributed by atoms with van der Waals surface area (Å²) in [5.41, 5.74) is 5.49. The number of hydrogen-bond acceptors (Lipinski definition) is 5. The molecule has 7 nitrogen and oxygen atoms in total. The van der Waals surface area contributed by atoms with E-state index >= 15 is 0 Å². The SMILES string of the molecule is CCCCCCCC/C=C\CCCCCCCC(=O)OC(CCCCCCCCCCCCCCC)CCCCCCCC(=O)NC(CCCN)C(=O)O. The van der Waals surface area contributed by atoms with E-state index in [1.54, 1.807) is 0 Å². The van der Waals surface area contributed by atoms with Gasteiger partial charge in [-0.3, -0.25) is 9.59 Å². The van der Waals surface area contributed by atoms with Crippen LogP contribution in [0.15, 0.2) is 12.2 Å². The molecule has 54 heavy (non-hydrogen) atoms. The number of nitrogens with two attached hydrogens (primary N) is 1. The fourth-order valence-electron chi connectivity index (χ4n) is 7.27. The van der Waals surface area contributed by atoms with Crippen molar-refractivity contribution in [1.29, 1.82) is 0 Å². The van der Waals surface area contributed by atoms with Crippen molar-refractivity contribution in [2.45, 2.75) is 264 Å². The van der Waals surface area contributed by atoms with E-state index < -0.39 is 12.0 Å². The number of carboxylic acids is 1. The molecule has 0 spiro atoms. The zero-order chi connectivity index (χ0) is 39.6. The average Bonchev–Trinajstić information content (AvgIpc) is 3.16. The van der Waals surface area contributed by atoms with Crippen molar-refractivity contribution in [1.82, 2.24) is 5.32 Å². The molecule has 0 aliphatic rings. The highest BCUT2D eigenvalue weighted by Gasteiger charge is 2.19. The third-order valence-corrected chi connectivity index (χ3v) is 10.8. The van der Waals surface area contributed by atoms with Crippen LogP contribution in [0.5, 0.6) is 0 Å². The summed E-state index contributed by atoms with van der Waals surface area (Å²) in [6.07, 6.45) is 46.8. The third kappa shape index (κ3) is 38.4. The van der Waals surface area contributed by atoms with E-state index in [0.717, 1.165) is 64.2 Å². The Labute approximate surface area is 334 Å². The van der Waals surface area contributed by atoms with Gasteiger partial charge in [-0.05, 0) is 83.6 Å². The molecule has 0 aliphatic carbocycles. The molecule has 0 rings (SSSR count). The molecule has 0 aromatic carbocycles. The lowest BCUT2D eigenvalue weighted by atomic mass is 10.0. The van der Waals surface area contributed by atoms with Gasteiger partial charge in [-0.25, -0.2) is 4.79 Å². The maximum atomic E-state index is 12.8.